The van der Waals surface area contributed by atoms with Gasteiger partial charge in [-0.3, -0.25) is 9.78 Å². The number of carboxylic acids is 1. The van der Waals surface area contributed by atoms with E-state index in [9.17, 15) is 19.5 Å². The molecule has 1 atom stereocenters. The lowest BCUT2D eigenvalue weighted by atomic mass is 10.2. The summed E-state index contributed by atoms with van der Waals surface area (Å²) in [6.07, 6.45) is -2.06. The van der Waals surface area contributed by atoms with Gasteiger partial charge < -0.3 is 15.7 Å². The zero-order valence-electron chi connectivity index (χ0n) is 16.0. The molecule has 0 heterocycles. The fourth-order valence-corrected chi connectivity index (χ4v) is 2.22. The summed E-state index contributed by atoms with van der Waals surface area (Å²) < 4.78 is 0. The van der Waals surface area contributed by atoms with Crippen LogP contribution in [0.3, 0.4) is 0 Å². The molecule has 3 N–H and O–H groups in total. The number of nitrogens with one attached hydrogen (secondary N) is 2. The van der Waals surface area contributed by atoms with Crippen LogP contribution in [0, 0.1) is 0 Å². The first-order valence-electron chi connectivity index (χ1n) is 9.02. The molecule has 10 nitrogen and oxygen atoms in total. The van der Waals surface area contributed by atoms with Crippen LogP contribution in [0.1, 0.15) is 17.5 Å². The van der Waals surface area contributed by atoms with Crippen molar-refractivity contribution in [3.63, 3.8) is 0 Å². The second kappa shape index (κ2) is 12.8. The molecule has 0 bridgehead atoms. The minimum atomic E-state index is -1.30. The molecule has 0 radical (unpaired) electrons. The molecule has 2 aromatic rings. The number of carbonyl (C=O) groups is 3. The molecule has 0 spiro atoms. The van der Waals surface area contributed by atoms with Gasteiger partial charge in [0, 0.05) is 6.54 Å². The molecule has 0 saturated carbocycles. The summed E-state index contributed by atoms with van der Waals surface area (Å²) in [7, 11) is 0. The van der Waals surface area contributed by atoms with Crippen LogP contribution in [-0.4, -0.2) is 35.8 Å². The Morgan fingerprint density at radius 1 is 0.800 bits per heavy atom. The predicted molar refractivity (Wildman–Crippen MR) is 103 cm³/mol. The van der Waals surface area contributed by atoms with Crippen LogP contribution >= 0.6 is 0 Å². The Kier molecular flexibility index (Phi) is 9.63. The molecular weight excluding hydrogens is 396 g/mol. The normalized spacial score (nSPS) is 11.2. The van der Waals surface area contributed by atoms with Gasteiger partial charge in [0.05, 0.1) is 0 Å². The van der Waals surface area contributed by atoms with Gasteiger partial charge in [0.25, 0.3) is 0 Å². The van der Waals surface area contributed by atoms with E-state index in [0.717, 1.165) is 11.1 Å². The molecule has 0 fully saturated rings. The number of hydrogen-bond donors (Lipinski definition) is 3. The number of benzene rings is 2. The molecule has 30 heavy (non-hydrogen) atoms. The molecule has 2 aromatic carbocycles. The summed E-state index contributed by atoms with van der Waals surface area (Å²) in [4.78, 5) is 53.1. The molecule has 0 aliphatic rings. The van der Waals surface area contributed by atoms with Crippen molar-refractivity contribution in [3.05, 3.63) is 71.8 Å². The molecule has 0 aliphatic carbocycles. The maximum absolute atomic E-state index is 11.7. The van der Waals surface area contributed by atoms with E-state index < -0.39 is 24.2 Å². The molecule has 2 rings (SSSR count). The second-order valence-electron chi connectivity index (χ2n) is 5.99. The third-order valence-corrected chi connectivity index (χ3v) is 3.70. The molecule has 0 unspecified atom stereocenters. The largest absolute Gasteiger partial charge is 0.480 e. The van der Waals surface area contributed by atoms with Gasteiger partial charge in [-0.25, -0.2) is 14.4 Å². The molecule has 0 aliphatic heterocycles. The van der Waals surface area contributed by atoms with Crippen molar-refractivity contribution in [1.82, 2.24) is 10.6 Å². The van der Waals surface area contributed by atoms with Crippen molar-refractivity contribution in [2.24, 2.45) is 0 Å². The fourth-order valence-electron chi connectivity index (χ4n) is 2.22. The molecule has 10 heteroatoms. The van der Waals surface area contributed by atoms with Gasteiger partial charge in [0.15, 0.2) is 0 Å². The zero-order chi connectivity index (χ0) is 21.6. The van der Waals surface area contributed by atoms with E-state index in [2.05, 4.69) is 20.4 Å². The lowest BCUT2D eigenvalue weighted by molar-refractivity contribution is -0.249. The highest BCUT2D eigenvalue weighted by molar-refractivity contribution is 5.79. The summed E-state index contributed by atoms with van der Waals surface area (Å²) in [5, 5.41) is 13.6. The first kappa shape index (κ1) is 22.7. The van der Waals surface area contributed by atoms with Crippen molar-refractivity contribution < 1.29 is 39.0 Å². The summed E-state index contributed by atoms with van der Waals surface area (Å²) in [6, 6.07) is 16.7. The van der Waals surface area contributed by atoms with Crippen molar-refractivity contribution in [1.29, 1.82) is 0 Å². The average Bonchev–Trinajstić information content (AvgIpc) is 2.74. The molecule has 160 valence electrons. The molecule has 0 aromatic heterocycles. The SMILES string of the molecule is O=C(NCC[C@H](NC(=O)OOCc1ccccc1)C(=O)O)OOCc1ccccc1. The first-order chi connectivity index (χ1) is 14.5. The number of aliphatic carboxylic acids is 1. The fraction of sp³-hybridized carbons (Fsp3) is 0.250. The maximum atomic E-state index is 11.7. The number of carboxylic acid groups (broad SMARTS) is 1. The van der Waals surface area contributed by atoms with Crippen LogP contribution in [0.2, 0.25) is 0 Å². The van der Waals surface area contributed by atoms with Crippen LogP contribution in [0.4, 0.5) is 9.59 Å². The van der Waals surface area contributed by atoms with Crippen LogP contribution in [0.5, 0.6) is 0 Å². The number of rotatable bonds is 11. The Bertz CT molecular complexity index is 801. The first-order valence-corrected chi connectivity index (χ1v) is 9.02. The maximum Gasteiger partial charge on any atom is 0.439 e. The van der Waals surface area contributed by atoms with Crippen LogP contribution < -0.4 is 10.6 Å². The standard InChI is InChI=1S/C20H22N2O8/c23-18(24)17(22-20(26)30-28-14-16-9-5-2-6-10-16)11-12-21-19(25)29-27-13-15-7-3-1-4-8-15/h1-10,17H,11-14H2,(H,21,25)(H,22,26)(H,23,24)/t17-/m0/s1. The number of amides is 2. The van der Waals surface area contributed by atoms with E-state index in [1.165, 1.54) is 0 Å². The van der Waals surface area contributed by atoms with Crippen LogP contribution in [0.25, 0.3) is 0 Å². The molecule has 0 saturated heterocycles. The minimum Gasteiger partial charge on any atom is -0.480 e. The third kappa shape index (κ3) is 9.04. The van der Waals surface area contributed by atoms with E-state index in [-0.39, 0.29) is 26.2 Å². The third-order valence-electron chi connectivity index (χ3n) is 3.70. The Hall–Kier alpha value is -3.63. The van der Waals surface area contributed by atoms with E-state index >= 15 is 0 Å². The van der Waals surface area contributed by atoms with Crippen LogP contribution in [0.15, 0.2) is 60.7 Å². The lowest BCUT2D eigenvalue weighted by Gasteiger charge is -2.14. The number of hydrogen-bond acceptors (Lipinski definition) is 7. The van der Waals surface area contributed by atoms with Crippen molar-refractivity contribution in [3.8, 4) is 0 Å². The Morgan fingerprint density at radius 3 is 1.80 bits per heavy atom. The summed E-state index contributed by atoms with van der Waals surface area (Å²) >= 11 is 0. The predicted octanol–water partition coefficient (Wildman–Crippen LogP) is 2.55. The van der Waals surface area contributed by atoms with E-state index in [4.69, 9.17) is 9.78 Å². The van der Waals surface area contributed by atoms with Crippen molar-refractivity contribution >= 4 is 18.2 Å². The Morgan fingerprint density at radius 2 is 1.30 bits per heavy atom. The highest BCUT2D eigenvalue weighted by Gasteiger charge is 2.21. The van der Waals surface area contributed by atoms with E-state index in [1.807, 2.05) is 24.3 Å². The minimum absolute atomic E-state index is 0.0162. The number of carbonyl (C=O) groups excluding carboxylic acids is 2. The van der Waals surface area contributed by atoms with Gasteiger partial charge in [-0.05, 0) is 17.5 Å². The Balaban J connectivity index is 1.61. The zero-order valence-corrected chi connectivity index (χ0v) is 16.0. The van der Waals surface area contributed by atoms with Gasteiger partial charge in [0.2, 0.25) is 0 Å². The quantitative estimate of drug-likeness (QED) is 0.375. The average molecular weight is 418 g/mol. The summed E-state index contributed by atoms with van der Waals surface area (Å²) in [6.45, 7) is 0.000410. The Labute approximate surface area is 172 Å². The molecular formula is C20H22N2O8. The highest BCUT2D eigenvalue weighted by atomic mass is 17.2. The van der Waals surface area contributed by atoms with E-state index in [0.29, 0.717) is 0 Å². The van der Waals surface area contributed by atoms with Crippen LogP contribution in [-0.2, 0) is 37.6 Å². The second-order valence-corrected chi connectivity index (χ2v) is 5.99. The summed E-state index contributed by atoms with van der Waals surface area (Å²) in [5.74, 6) is -1.30. The van der Waals surface area contributed by atoms with Gasteiger partial charge in [-0.15, -0.1) is 0 Å². The monoisotopic (exact) mass is 418 g/mol. The topological polar surface area (TPSA) is 132 Å². The molecule has 2 amide bonds. The van der Waals surface area contributed by atoms with Crippen molar-refractivity contribution in [2.45, 2.75) is 25.7 Å². The van der Waals surface area contributed by atoms with Gasteiger partial charge in [-0.1, -0.05) is 60.7 Å². The van der Waals surface area contributed by atoms with Crippen molar-refractivity contribution in [2.75, 3.05) is 6.54 Å². The summed E-state index contributed by atoms with van der Waals surface area (Å²) in [5.41, 5.74) is 1.59. The van der Waals surface area contributed by atoms with E-state index in [1.54, 1.807) is 36.4 Å². The highest BCUT2D eigenvalue weighted by Crippen LogP contribution is 2.02. The van der Waals surface area contributed by atoms with Gasteiger partial charge >= 0.3 is 18.2 Å². The van der Waals surface area contributed by atoms with Gasteiger partial charge in [0.1, 0.15) is 19.3 Å². The smallest absolute Gasteiger partial charge is 0.439 e. The lowest BCUT2D eigenvalue weighted by Crippen LogP contribution is -2.43. The van der Waals surface area contributed by atoms with Gasteiger partial charge in [-0.2, -0.15) is 9.78 Å².